The molecule has 0 unspecified atom stereocenters. The standard InChI is InChI=1S/C22H38O.Na/c1-2-3-4-5-6-7-8-9-10-11-12-13-14-15-18-21-19-16-17-20-22(21)23;/h16-17,19-20,23H,2-15,18H2,1H3;. The summed E-state index contributed by atoms with van der Waals surface area (Å²) in [6, 6.07) is 7.74. The molecule has 1 aromatic rings. The third-order valence-corrected chi connectivity index (χ3v) is 4.79. The van der Waals surface area contributed by atoms with Gasteiger partial charge in [-0.2, -0.15) is 0 Å². The van der Waals surface area contributed by atoms with Gasteiger partial charge in [-0.15, -0.1) is 0 Å². The molecule has 1 nitrogen and oxygen atoms in total. The van der Waals surface area contributed by atoms with Crippen molar-refractivity contribution in [3.05, 3.63) is 29.8 Å². The van der Waals surface area contributed by atoms with Crippen LogP contribution in [0.1, 0.15) is 102 Å². The maximum atomic E-state index is 9.71. The zero-order chi connectivity index (χ0) is 16.6. The van der Waals surface area contributed by atoms with Crippen LogP contribution in [-0.4, -0.2) is 34.7 Å². The molecular formula is C22H38NaO. The minimum Gasteiger partial charge on any atom is -0.508 e. The van der Waals surface area contributed by atoms with Crippen molar-refractivity contribution in [2.24, 2.45) is 0 Å². The number of para-hydroxylation sites is 1. The topological polar surface area (TPSA) is 20.2 Å². The third kappa shape index (κ3) is 13.3. The molecule has 0 atom stereocenters. The van der Waals surface area contributed by atoms with Gasteiger partial charge in [-0.1, -0.05) is 109 Å². The summed E-state index contributed by atoms with van der Waals surface area (Å²) in [7, 11) is 0. The van der Waals surface area contributed by atoms with Gasteiger partial charge in [-0.05, 0) is 24.5 Å². The molecule has 133 valence electrons. The van der Waals surface area contributed by atoms with Crippen LogP contribution in [-0.2, 0) is 6.42 Å². The molecule has 0 fully saturated rings. The molecule has 0 aliphatic carbocycles. The first kappa shape index (κ1) is 24.0. The van der Waals surface area contributed by atoms with E-state index in [9.17, 15) is 5.11 Å². The molecule has 1 rings (SSSR count). The van der Waals surface area contributed by atoms with E-state index in [1.165, 1.54) is 89.9 Å². The Morgan fingerprint density at radius 3 is 1.50 bits per heavy atom. The van der Waals surface area contributed by atoms with Gasteiger partial charge in [0.05, 0.1) is 0 Å². The summed E-state index contributed by atoms with van der Waals surface area (Å²) in [5.74, 6) is 0.460. The van der Waals surface area contributed by atoms with Gasteiger partial charge in [0.15, 0.2) is 0 Å². The fraction of sp³-hybridized carbons (Fsp3) is 0.727. The quantitative estimate of drug-likeness (QED) is 0.268. The molecule has 0 bridgehead atoms. The first-order valence-electron chi connectivity index (χ1n) is 10.1. The average molecular weight is 342 g/mol. The van der Waals surface area contributed by atoms with Crippen molar-refractivity contribution in [1.29, 1.82) is 0 Å². The van der Waals surface area contributed by atoms with Crippen molar-refractivity contribution in [1.82, 2.24) is 0 Å². The SMILES string of the molecule is CCCCCCCCCCCCCCCCc1ccccc1O.[Na]. The molecule has 0 saturated carbocycles. The zero-order valence-electron chi connectivity index (χ0n) is 16.4. The van der Waals surface area contributed by atoms with E-state index >= 15 is 0 Å². The Morgan fingerprint density at radius 2 is 1.04 bits per heavy atom. The third-order valence-electron chi connectivity index (χ3n) is 4.79. The molecular weight excluding hydrogens is 303 g/mol. The molecule has 1 N–H and O–H groups in total. The molecule has 0 spiro atoms. The van der Waals surface area contributed by atoms with Gasteiger partial charge in [0.1, 0.15) is 5.75 Å². The predicted molar refractivity (Wildman–Crippen MR) is 108 cm³/mol. The summed E-state index contributed by atoms with van der Waals surface area (Å²) < 4.78 is 0. The molecule has 0 aliphatic rings. The van der Waals surface area contributed by atoms with E-state index in [0.717, 1.165) is 12.0 Å². The largest absolute Gasteiger partial charge is 0.508 e. The summed E-state index contributed by atoms with van der Waals surface area (Å²) in [5, 5.41) is 9.71. The van der Waals surface area contributed by atoms with Crippen molar-refractivity contribution in [3.63, 3.8) is 0 Å². The van der Waals surface area contributed by atoms with Crippen molar-refractivity contribution >= 4 is 29.6 Å². The van der Waals surface area contributed by atoms with Crippen LogP contribution in [0, 0.1) is 0 Å². The normalized spacial score (nSPS) is 10.5. The second kappa shape index (κ2) is 17.8. The van der Waals surface area contributed by atoms with Gasteiger partial charge in [0, 0.05) is 29.6 Å². The number of aromatic hydroxyl groups is 1. The maximum Gasteiger partial charge on any atom is 0.118 e. The van der Waals surface area contributed by atoms with E-state index in [-0.39, 0.29) is 29.6 Å². The van der Waals surface area contributed by atoms with Crippen LogP contribution in [0.15, 0.2) is 24.3 Å². The molecule has 0 saturated heterocycles. The van der Waals surface area contributed by atoms with E-state index in [1.54, 1.807) is 6.07 Å². The molecule has 0 amide bonds. The van der Waals surface area contributed by atoms with Crippen LogP contribution in [0.3, 0.4) is 0 Å². The second-order valence-corrected chi connectivity index (χ2v) is 6.97. The van der Waals surface area contributed by atoms with E-state index < -0.39 is 0 Å². The number of benzene rings is 1. The van der Waals surface area contributed by atoms with Crippen LogP contribution in [0.25, 0.3) is 0 Å². The zero-order valence-corrected chi connectivity index (χ0v) is 18.4. The predicted octanol–water partition coefficient (Wildman–Crippen LogP) is 7.04. The summed E-state index contributed by atoms with van der Waals surface area (Å²) >= 11 is 0. The Labute approximate surface area is 172 Å². The smallest absolute Gasteiger partial charge is 0.118 e. The average Bonchev–Trinajstić information content (AvgIpc) is 2.57. The molecule has 24 heavy (non-hydrogen) atoms. The van der Waals surface area contributed by atoms with Gasteiger partial charge >= 0.3 is 0 Å². The molecule has 1 aromatic carbocycles. The number of unbranched alkanes of at least 4 members (excludes halogenated alkanes) is 13. The van der Waals surface area contributed by atoms with Crippen LogP contribution in [0.5, 0.6) is 5.75 Å². The monoisotopic (exact) mass is 341 g/mol. The van der Waals surface area contributed by atoms with Crippen molar-refractivity contribution in [2.45, 2.75) is 103 Å². The Hall–Kier alpha value is 0.0200. The fourth-order valence-corrected chi connectivity index (χ4v) is 3.23. The van der Waals surface area contributed by atoms with Crippen molar-refractivity contribution in [3.8, 4) is 5.75 Å². The Kier molecular flexibility index (Phi) is 17.8. The number of hydrogen-bond acceptors (Lipinski definition) is 1. The van der Waals surface area contributed by atoms with Gasteiger partial charge < -0.3 is 5.11 Å². The first-order chi connectivity index (χ1) is 11.3. The van der Waals surface area contributed by atoms with Crippen LogP contribution < -0.4 is 0 Å². The first-order valence-corrected chi connectivity index (χ1v) is 10.1. The molecule has 0 aromatic heterocycles. The van der Waals surface area contributed by atoms with Crippen LogP contribution >= 0.6 is 0 Å². The Balaban J connectivity index is 0.00000529. The van der Waals surface area contributed by atoms with E-state index in [4.69, 9.17) is 0 Å². The number of phenolic OH excluding ortho intramolecular Hbond substituents is 1. The Morgan fingerprint density at radius 1 is 0.625 bits per heavy atom. The summed E-state index contributed by atoms with van der Waals surface area (Å²) in [6.45, 7) is 2.28. The van der Waals surface area contributed by atoms with Gasteiger partial charge in [0.25, 0.3) is 0 Å². The summed E-state index contributed by atoms with van der Waals surface area (Å²) in [5.41, 5.74) is 1.10. The van der Waals surface area contributed by atoms with Crippen LogP contribution in [0.4, 0.5) is 0 Å². The maximum absolute atomic E-state index is 9.71. The number of aryl methyl sites for hydroxylation is 1. The summed E-state index contributed by atoms with van der Waals surface area (Å²) in [4.78, 5) is 0. The van der Waals surface area contributed by atoms with Crippen molar-refractivity contribution < 1.29 is 5.11 Å². The fourth-order valence-electron chi connectivity index (χ4n) is 3.23. The Bertz CT molecular complexity index is 378. The minimum atomic E-state index is 0. The molecule has 1 radical (unpaired) electrons. The van der Waals surface area contributed by atoms with Crippen molar-refractivity contribution in [2.75, 3.05) is 0 Å². The van der Waals surface area contributed by atoms with Crippen LogP contribution in [0.2, 0.25) is 0 Å². The minimum absolute atomic E-state index is 0. The number of hydrogen-bond donors (Lipinski definition) is 1. The van der Waals surface area contributed by atoms with Gasteiger partial charge in [-0.25, -0.2) is 0 Å². The van der Waals surface area contributed by atoms with Gasteiger partial charge in [-0.3, -0.25) is 0 Å². The number of rotatable bonds is 15. The van der Waals surface area contributed by atoms with E-state index in [2.05, 4.69) is 6.92 Å². The van der Waals surface area contributed by atoms with E-state index in [0.29, 0.717) is 5.75 Å². The second-order valence-electron chi connectivity index (χ2n) is 6.97. The number of phenols is 1. The van der Waals surface area contributed by atoms with Gasteiger partial charge in [0.2, 0.25) is 0 Å². The molecule has 0 aliphatic heterocycles. The van der Waals surface area contributed by atoms with E-state index in [1.807, 2.05) is 18.2 Å². The molecule has 2 heteroatoms. The molecule has 0 heterocycles. The summed E-state index contributed by atoms with van der Waals surface area (Å²) in [6.07, 6.45) is 20.5.